The summed E-state index contributed by atoms with van der Waals surface area (Å²) in [6, 6.07) is 20.4. The van der Waals surface area contributed by atoms with Crippen molar-refractivity contribution in [1.82, 2.24) is 19.4 Å². The Labute approximate surface area is 204 Å². The van der Waals surface area contributed by atoms with Crippen molar-refractivity contribution in [2.45, 2.75) is 32.7 Å². The highest BCUT2D eigenvalue weighted by atomic mass is 16.5. The molecule has 2 aromatic carbocycles. The van der Waals surface area contributed by atoms with Crippen molar-refractivity contribution >= 4 is 16.8 Å². The van der Waals surface area contributed by atoms with Crippen molar-refractivity contribution in [3.8, 4) is 12.0 Å². The predicted molar refractivity (Wildman–Crippen MR) is 133 cm³/mol. The fraction of sp³-hybridized carbons (Fsp3) is 0.286. The van der Waals surface area contributed by atoms with Crippen LogP contribution in [0, 0.1) is 18.3 Å². The molecule has 0 aliphatic carbocycles. The lowest BCUT2D eigenvalue weighted by Crippen LogP contribution is -2.39. The summed E-state index contributed by atoms with van der Waals surface area (Å²) < 4.78 is 7.11. The van der Waals surface area contributed by atoms with Gasteiger partial charge >= 0.3 is 0 Å². The Morgan fingerprint density at radius 1 is 1.11 bits per heavy atom. The van der Waals surface area contributed by atoms with Gasteiger partial charge in [-0.15, -0.1) is 0 Å². The molecular formula is C28H27N5O2. The average Bonchev–Trinajstić information content (AvgIpc) is 3.23. The molecule has 0 fully saturated rings. The highest BCUT2D eigenvalue weighted by Gasteiger charge is 2.26. The summed E-state index contributed by atoms with van der Waals surface area (Å²) in [5, 5.41) is 10.5. The zero-order valence-corrected chi connectivity index (χ0v) is 20.0. The van der Waals surface area contributed by atoms with Crippen molar-refractivity contribution in [2.75, 3.05) is 20.3 Å². The molecule has 35 heavy (non-hydrogen) atoms. The van der Waals surface area contributed by atoms with Gasteiger partial charge in [-0.05, 0) is 43.5 Å². The van der Waals surface area contributed by atoms with Crippen molar-refractivity contribution in [3.63, 3.8) is 0 Å². The number of methoxy groups -OCH3 is 1. The van der Waals surface area contributed by atoms with Gasteiger partial charge in [0.25, 0.3) is 0 Å². The van der Waals surface area contributed by atoms with Crippen LogP contribution in [0.15, 0.2) is 54.6 Å². The lowest BCUT2D eigenvalue weighted by molar-refractivity contribution is -0.136. The van der Waals surface area contributed by atoms with Crippen LogP contribution in [0.3, 0.4) is 0 Å². The number of hydrogen-bond acceptors (Lipinski definition) is 5. The van der Waals surface area contributed by atoms with Gasteiger partial charge in [0.05, 0.1) is 28.5 Å². The Balaban J connectivity index is 1.59. The Morgan fingerprint density at radius 3 is 2.71 bits per heavy atom. The van der Waals surface area contributed by atoms with E-state index in [2.05, 4.69) is 18.2 Å². The number of amides is 1. The molecular weight excluding hydrogens is 438 g/mol. The lowest BCUT2D eigenvalue weighted by Gasteiger charge is -2.30. The molecule has 3 heterocycles. The van der Waals surface area contributed by atoms with Gasteiger partial charge in [-0.2, -0.15) is 5.26 Å². The van der Waals surface area contributed by atoms with Crippen LogP contribution in [-0.4, -0.2) is 45.6 Å². The maximum Gasteiger partial charge on any atom is 0.248 e. The third-order valence-electron chi connectivity index (χ3n) is 6.60. The van der Waals surface area contributed by atoms with Gasteiger partial charge in [-0.3, -0.25) is 9.36 Å². The molecule has 1 aliphatic heterocycles. The number of carbonyl (C=O) groups is 1. The number of aromatic nitrogens is 3. The summed E-state index contributed by atoms with van der Waals surface area (Å²) in [6.45, 7) is 3.18. The van der Waals surface area contributed by atoms with Crippen molar-refractivity contribution < 1.29 is 9.53 Å². The average molecular weight is 466 g/mol. The first-order valence-electron chi connectivity index (χ1n) is 11.8. The van der Waals surface area contributed by atoms with E-state index >= 15 is 0 Å². The van der Waals surface area contributed by atoms with Crippen molar-refractivity contribution in [3.05, 3.63) is 88.4 Å². The number of fused-ring (bicyclic) bond motifs is 2. The monoisotopic (exact) mass is 465 g/mol. The highest BCUT2D eigenvalue weighted by molar-refractivity contribution is 5.88. The van der Waals surface area contributed by atoms with Crippen LogP contribution in [-0.2, 0) is 35.3 Å². The SMILES string of the molecule is COCC(=O)N1CCc2nc(-n3c(C)cc4c(C#N)cccc43)nc(CCc3ccccc3)c2C1. The molecule has 0 saturated heterocycles. The molecule has 0 atom stereocenters. The molecule has 5 rings (SSSR count). The van der Waals surface area contributed by atoms with Crippen molar-refractivity contribution in [1.29, 1.82) is 5.26 Å². The lowest BCUT2D eigenvalue weighted by atomic mass is 9.99. The number of nitrogens with zero attached hydrogens (tertiary/aromatic N) is 5. The number of aryl methyl sites for hydroxylation is 3. The van der Waals surface area contributed by atoms with E-state index in [9.17, 15) is 10.1 Å². The fourth-order valence-corrected chi connectivity index (χ4v) is 4.84. The molecule has 0 spiro atoms. The second-order valence-electron chi connectivity index (χ2n) is 8.85. The number of carbonyl (C=O) groups excluding carboxylic acids is 1. The first-order chi connectivity index (χ1) is 17.1. The van der Waals surface area contributed by atoms with E-state index in [1.54, 1.807) is 0 Å². The van der Waals surface area contributed by atoms with E-state index < -0.39 is 0 Å². The van der Waals surface area contributed by atoms with Crippen LogP contribution >= 0.6 is 0 Å². The predicted octanol–water partition coefficient (Wildman–Crippen LogP) is 3.92. The Morgan fingerprint density at radius 2 is 1.94 bits per heavy atom. The van der Waals surface area contributed by atoms with E-state index in [0.717, 1.165) is 46.4 Å². The van der Waals surface area contributed by atoms with Crippen LogP contribution in [0.1, 0.15) is 33.8 Å². The Bertz CT molecular complexity index is 1440. The maximum absolute atomic E-state index is 12.5. The summed E-state index contributed by atoms with van der Waals surface area (Å²) in [4.78, 5) is 24.4. The molecule has 0 unspecified atom stereocenters. The first kappa shape index (κ1) is 22.8. The number of benzene rings is 2. The molecule has 1 amide bonds. The minimum Gasteiger partial charge on any atom is -0.375 e. The first-order valence-corrected chi connectivity index (χ1v) is 11.8. The number of ether oxygens (including phenoxy) is 1. The summed E-state index contributed by atoms with van der Waals surface area (Å²) in [6.07, 6.45) is 2.26. The summed E-state index contributed by atoms with van der Waals surface area (Å²) in [7, 11) is 1.54. The second-order valence-corrected chi connectivity index (χ2v) is 8.85. The standard InChI is InChI=1S/C28H27N5O2/c1-19-15-22-21(16-29)9-6-10-26(22)33(19)28-30-24(12-11-20-7-4-3-5-8-20)23-17-32(27(34)18-35-2)14-13-25(23)31-28/h3-10,15H,11-14,17-18H2,1-2H3. The maximum atomic E-state index is 12.5. The second kappa shape index (κ2) is 9.69. The highest BCUT2D eigenvalue weighted by Crippen LogP contribution is 2.28. The molecule has 7 heteroatoms. The molecule has 0 saturated carbocycles. The van der Waals surface area contributed by atoms with E-state index in [1.165, 1.54) is 12.7 Å². The van der Waals surface area contributed by atoms with Crippen molar-refractivity contribution in [2.24, 2.45) is 0 Å². The van der Waals surface area contributed by atoms with E-state index in [-0.39, 0.29) is 12.5 Å². The minimum atomic E-state index is -0.0208. The molecule has 0 bridgehead atoms. The van der Waals surface area contributed by atoms with Gasteiger partial charge in [0.15, 0.2) is 0 Å². The Kier molecular flexibility index (Phi) is 6.30. The largest absolute Gasteiger partial charge is 0.375 e. The van der Waals surface area contributed by atoms with Crippen LogP contribution < -0.4 is 0 Å². The molecule has 7 nitrogen and oxygen atoms in total. The number of hydrogen-bond donors (Lipinski definition) is 0. The molecule has 4 aromatic rings. The van der Waals surface area contributed by atoms with Crippen LogP contribution in [0.2, 0.25) is 0 Å². The number of nitriles is 1. The molecule has 2 aromatic heterocycles. The van der Waals surface area contributed by atoms with E-state index in [0.29, 0.717) is 31.0 Å². The van der Waals surface area contributed by atoms with Crippen LogP contribution in [0.4, 0.5) is 0 Å². The fourth-order valence-electron chi connectivity index (χ4n) is 4.84. The van der Waals surface area contributed by atoms with Gasteiger partial charge in [0.2, 0.25) is 11.9 Å². The van der Waals surface area contributed by atoms with Gasteiger partial charge < -0.3 is 9.64 Å². The molecule has 0 radical (unpaired) electrons. The molecule has 0 N–H and O–H groups in total. The topological polar surface area (TPSA) is 84.0 Å². The van der Waals surface area contributed by atoms with Gasteiger partial charge in [0.1, 0.15) is 6.61 Å². The Hall–Kier alpha value is -4.02. The van der Waals surface area contributed by atoms with Gasteiger partial charge in [0, 0.05) is 43.3 Å². The third-order valence-corrected chi connectivity index (χ3v) is 6.60. The van der Waals surface area contributed by atoms with Crippen LogP contribution in [0.5, 0.6) is 0 Å². The minimum absolute atomic E-state index is 0.0208. The number of rotatable bonds is 6. The zero-order chi connectivity index (χ0) is 24.4. The van der Waals surface area contributed by atoms with Gasteiger partial charge in [-0.25, -0.2) is 9.97 Å². The zero-order valence-electron chi connectivity index (χ0n) is 20.0. The summed E-state index contributed by atoms with van der Waals surface area (Å²) >= 11 is 0. The quantitative estimate of drug-likeness (QED) is 0.431. The molecule has 176 valence electrons. The normalized spacial score (nSPS) is 13.0. The summed E-state index contributed by atoms with van der Waals surface area (Å²) in [5.41, 5.74) is 6.75. The third kappa shape index (κ3) is 4.41. The smallest absolute Gasteiger partial charge is 0.248 e. The van der Waals surface area contributed by atoms with Gasteiger partial charge in [-0.1, -0.05) is 36.4 Å². The van der Waals surface area contributed by atoms with Crippen LogP contribution in [0.25, 0.3) is 16.9 Å². The molecule has 1 aliphatic rings. The van der Waals surface area contributed by atoms with E-state index in [1.807, 2.05) is 58.9 Å². The summed E-state index contributed by atoms with van der Waals surface area (Å²) in [5.74, 6) is 0.596. The van der Waals surface area contributed by atoms with E-state index in [4.69, 9.17) is 14.7 Å².